The largest absolute Gasteiger partial charge is 0.497 e. The zero-order valence-corrected chi connectivity index (χ0v) is 10.9. The molecule has 100 valence electrons. The van der Waals surface area contributed by atoms with Crippen molar-refractivity contribution >= 4 is 12.0 Å². The molecule has 0 atom stereocenters. The van der Waals surface area contributed by atoms with Gasteiger partial charge < -0.3 is 9.47 Å². The molecule has 0 N–H and O–H groups in total. The van der Waals surface area contributed by atoms with E-state index in [2.05, 4.69) is 0 Å². The molecule has 19 heavy (non-hydrogen) atoms. The van der Waals surface area contributed by atoms with E-state index in [4.69, 9.17) is 14.7 Å². The number of nitriles is 1. The highest BCUT2D eigenvalue weighted by Crippen LogP contribution is 2.19. The maximum absolute atomic E-state index is 13.6. The van der Waals surface area contributed by atoms with E-state index in [1.165, 1.54) is 25.3 Å². The predicted molar refractivity (Wildman–Crippen MR) is 67.8 cm³/mol. The van der Waals surface area contributed by atoms with E-state index in [-0.39, 0.29) is 17.2 Å². The zero-order valence-electron chi connectivity index (χ0n) is 10.9. The third kappa shape index (κ3) is 4.11. The van der Waals surface area contributed by atoms with Crippen LogP contribution >= 0.6 is 0 Å². The summed E-state index contributed by atoms with van der Waals surface area (Å²) in [6.45, 7) is 3.33. The summed E-state index contributed by atoms with van der Waals surface area (Å²) in [7, 11) is 1.44. The van der Waals surface area contributed by atoms with Gasteiger partial charge in [0, 0.05) is 5.56 Å². The molecular formula is C14H14FNO3. The molecule has 0 aliphatic rings. The molecule has 0 spiro atoms. The summed E-state index contributed by atoms with van der Waals surface area (Å²) in [5, 5.41) is 8.92. The first-order valence-corrected chi connectivity index (χ1v) is 5.64. The maximum Gasteiger partial charge on any atom is 0.349 e. The van der Waals surface area contributed by atoms with Gasteiger partial charge in [0.05, 0.1) is 13.2 Å². The topological polar surface area (TPSA) is 59.3 Å². The highest BCUT2D eigenvalue weighted by atomic mass is 19.1. The van der Waals surface area contributed by atoms with E-state index in [1.54, 1.807) is 19.9 Å². The Bertz CT molecular complexity index is 544. The summed E-state index contributed by atoms with van der Waals surface area (Å²) in [4.78, 5) is 11.6. The summed E-state index contributed by atoms with van der Waals surface area (Å²) < 4.78 is 23.4. The fourth-order valence-electron chi connectivity index (χ4n) is 1.33. The second kappa shape index (κ2) is 6.55. The molecule has 1 rings (SSSR count). The first-order chi connectivity index (χ1) is 8.97. The number of rotatable bonds is 4. The van der Waals surface area contributed by atoms with Gasteiger partial charge in [-0.05, 0) is 38.1 Å². The molecule has 0 aromatic heterocycles. The van der Waals surface area contributed by atoms with E-state index in [9.17, 15) is 9.18 Å². The van der Waals surface area contributed by atoms with Crippen molar-refractivity contribution in [1.29, 1.82) is 5.26 Å². The molecule has 0 radical (unpaired) electrons. The second-order valence-corrected chi connectivity index (χ2v) is 4.01. The highest BCUT2D eigenvalue weighted by molar-refractivity contribution is 5.98. The van der Waals surface area contributed by atoms with Gasteiger partial charge in [0.25, 0.3) is 0 Å². The predicted octanol–water partition coefficient (Wildman–Crippen LogP) is 2.69. The van der Waals surface area contributed by atoms with Gasteiger partial charge in [-0.3, -0.25) is 0 Å². The molecular weight excluding hydrogens is 249 g/mol. The van der Waals surface area contributed by atoms with E-state index < -0.39 is 11.8 Å². The van der Waals surface area contributed by atoms with Crippen molar-refractivity contribution in [1.82, 2.24) is 0 Å². The van der Waals surface area contributed by atoms with Crippen molar-refractivity contribution < 1.29 is 18.7 Å². The number of hydrogen-bond acceptors (Lipinski definition) is 4. The Balaban J connectivity index is 3.11. The van der Waals surface area contributed by atoms with Crippen LogP contribution in [0, 0.1) is 17.1 Å². The van der Waals surface area contributed by atoms with Gasteiger partial charge in [-0.1, -0.05) is 0 Å². The van der Waals surface area contributed by atoms with E-state index >= 15 is 0 Å². The molecule has 0 fully saturated rings. The molecule has 1 aromatic rings. The van der Waals surface area contributed by atoms with Gasteiger partial charge in [-0.25, -0.2) is 9.18 Å². The molecule has 0 heterocycles. The van der Waals surface area contributed by atoms with Gasteiger partial charge in [0.15, 0.2) is 0 Å². The Labute approximate surface area is 111 Å². The molecule has 0 saturated heterocycles. The van der Waals surface area contributed by atoms with Crippen molar-refractivity contribution in [2.45, 2.75) is 20.0 Å². The molecule has 0 aliphatic carbocycles. The number of methoxy groups -OCH3 is 1. The minimum Gasteiger partial charge on any atom is -0.497 e. The van der Waals surface area contributed by atoms with Crippen LogP contribution in [-0.4, -0.2) is 19.2 Å². The highest BCUT2D eigenvalue weighted by Gasteiger charge is 2.13. The van der Waals surface area contributed by atoms with Crippen LogP contribution in [0.5, 0.6) is 5.75 Å². The average molecular weight is 263 g/mol. The number of benzene rings is 1. The lowest BCUT2D eigenvalue weighted by atomic mass is 10.1. The lowest BCUT2D eigenvalue weighted by Crippen LogP contribution is -2.12. The Morgan fingerprint density at radius 2 is 2.16 bits per heavy atom. The minimum absolute atomic E-state index is 0.0941. The number of carbonyl (C=O) groups excluding carboxylic acids is 1. The fraction of sp³-hybridized carbons (Fsp3) is 0.286. The number of esters is 1. The van der Waals surface area contributed by atoms with Crippen LogP contribution in [0.1, 0.15) is 19.4 Å². The number of hydrogen-bond donors (Lipinski definition) is 0. The number of ether oxygens (including phenoxy) is 2. The summed E-state index contributed by atoms with van der Waals surface area (Å²) in [5.74, 6) is -0.896. The SMILES string of the molecule is COc1ccc(F)c(/C=C(\C#N)C(=O)OC(C)C)c1. The van der Waals surface area contributed by atoms with Gasteiger partial charge >= 0.3 is 5.97 Å². The van der Waals surface area contributed by atoms with E-state index in [0.717, 1.165) is 6.08 Å². The maximum atomic E-state index is 13.6. The van der Waals surface area contributed by atoms with Crippen molar-refractivity contribution in [2.75, 3.05) is 7.11 Å². The third-order valence-corrected chi connectivity index (χ3v) is 2.19. The van der Waals surface area contributed by atoms with Crippen LogP contribution in [-0.2, 0) is 9.53 Å². The van der Waals surface area contributed by atoms with Gasteiger partial charge in [0.2, 0.25) is 0 Å². The zero-order chi connectivity index (χ0) is 14.4. The molecule has 0 unspecified atom stereocenters. The normalized spacial score (nSPS) is 11.1. The first kappa shape index (κ1) is 14.7. The van der Waals surface area contributed by atoms with Gasteiger partial charge in [0.1, 0.15) is 23.2 Å². The second-order valence-electron chi connectivity index (χ2n) is 4.01. The molecule has 0 saturated carbocycles. The standard InChI is InChI=1S/C14H14FNO3/c1-9(2)19-14(17)11(8-16)6-10-7-12(18-3)4-5-13(10)15/h4-7,9H,1-3H3/b11-6+. The molecule has 1 aromatic carbocycles. The van der Waals surface area contributed by atoms with Crippen LogP contribution in [0.25, 0.3) is 6.08 Å². The first-order valence-electron chi connectivity index (χ1n) is 5.64. The summed E-state index contributed by atoms with van der Waals surface area (Å²) in [6, 6.07) is 5.75. The van der Waals surface area contributed by atoms with E-state index in [0.29, 0.717) is 5.75 Å². The molecule has 0 bridgehead atoms. The molecule has 0 aliphatic heterocycles. The summed E-state index contributed by atoms with van der Waals surface area (Å²) >= 11 is 0. The Morgan fingerprint density at radius 3 is 2.68 bits per heavy atom. The third-order valence-electron chi connectivity index (χ3n) is 2.19. The van der Waals surface area contributed by atoms with Crippen molar-refractivity contribution in [3.8, 4) is 11.8 Å². The summed E-state index contributed by atoms with van der Waals surface area (Å²) in [6.07, 6.45) is 0.794. The van der Waals surface area contributed by atoms with Crippen LogP contribution < -0.4 is 4.74 Å². The number of nitrogens with zero attached hydrogens (tertiary/aromatic N) is 1. The van der Waals surface area contributed by atoms with Crippen LogP contribution in [0.4, 0.5) is 4.39 Å². The Morgan fingerprint density at radius 1 is 1.47 bits per heavy atom. The smallest absolute Gasteiger partial charge is 0.349 e. The number of halogens is 1. The summed E-state index contributed by atoms with van der Waals surface area (Å²) in [5.41, 5.74) is -0.169. The Hall–Kier alpha value is -2.35. The minimum atomic E-state index is -0.778. The number of carbonyl (C=O) groups is 1. The monoisotopic (exact) mass is 263 g/mol. The Kier molecular flexibility index (Phi) is 5.07. The van der Waals surface area contributed by atoms with Gasteiger partial charge in [-0.2, -0.15) is 5.26 Å². The quantitative estimate of drug-likeness (QED) is 0.476. The van der Waals surface area contributed by atoms with Crippen molar-refractivity contribution in [3.63, 3.8) is 0 Å². The van der Waals surface area contributed by atoms with Gasteiger partial charge in [-0.15, -0.1) is 0 Å². The van der Waals surface area contributed by atoms with Crippen molar-refractivity contribution in [3.05, 3.63) is 35.2 Å². The fourth-order valence-corrected chi connectivity index (χ4v) is 1.33. The van der Waals surface area contributed by atoms with Crippen LogP contribution in [0.2, 0.25) is 0 Å². The molecule has 0 amide bonds. The van der Waals surface area contributed by atoms with Crippen molar-refractivity contribution in [2.24, 2.45) is 0 Å². The lowest BCUT2D eigenvalue weighted by Gasteiger charge is -2.07. The molecule has 4 nitrogen and oxygen atoms in total. The average Bonchev–Trinajstić information content (AvgIpc) is 2.36. The van der Waals surface area contributed by atoms with E-state index in [1.807, 2.05) is 0 Å². The lowest BCUT2D eigenvalue weighted by molar-refractivity contribution is -0.142. The van der Waals surface area contributed by atoms with Crippen LogP contribution in [0.3, 0.4) is 0 Å². The van der Waals surface area contributed by atoms with Crippen LogP contribution in [0.15, 0.2) is 23.8 Å². The molecule has 5 heteroatoms.